The third-order valence-electron chi connectivity index (χ3n) is 5.50. The Kier molecular flexibility index (Phi) is 5.84. The molecule has 10 heteroatoms. The second-order valence-electron chi connectivity index (χ2n) is 7.68. The fourth-order valence-electron chi connectivity index (χ4n) is 3.99. The highest BCUT2D eigenvalue weighted by Crippen LogP contribution is 2.33. The van der Waals surface area contributed by atoms with Gasteiger partial charge < -0.3 is 20.9 Å². The van der Waals surface area contributed by atoms with Gasteiger partial charge in [0.05, 0.1) is 11.1 Å². The fraction of sp³-hybridized carbons (Fsp3) is 0.450. The summed E-state index contributed by atoms with van der Waals surface area (Å²) >= 11 is 6.09. The number of alkyl halides is 3. The van der Waals surface area contributed by atoms with Gasteiger partial charge in [0.15, 0.2) is 0 Å². The van der Waals surface area contributed by atoms with Crippen LogP contribution in [0.15, 0.2) is 24.3 Å². The van der Waals surface area contributed by atoms with Gasteiger partial charge in [-0.05, 0) is 42.6 Å². The van der Waals surface area contributed by atoms with Crippen LogP contribution in [-0.4, -0.2) is 41.4 Å². The number of hydrogen-bond acceptors (Lipinski definition) is 6. The van der Waals surface area contributed by atoms with Gasteiger partial charge in [-0.2, -0.15) is 23.1 Å². The van der Waals surface area contributed by atoms with Crippen molar-refractivity contribution in [3.05, 3.63) is 40.7 Å². The van der Waals surface area contributed by atoms with Crippen molar-refractivity contribution in [1.82, 2.24) is 15.3 Å². The highest BCUT2D eigenvalue weighted by molar-refractivity contribution is 6.28. The van der Waals surface area contributed by atoms with Crippen molar-refractivity contribution in [1.29, 1.82) is 5.41 Å². The highest BCUT2D eigenvalue weighted by atomic mass is 35.5. The van der Waals surface area contributed by atoms with Crippen LogP contribution in [0, 0.1) is 5.41 Å². The van der Waals surface area contributed by atoms with Crippen LogP contribution < -0.4 is 15.5 Å². The van der Waals surface area contributed by atoms with E-state index < -0.39 is 11.7 Å². The molecule has 0 bridgehead atoms. The molecular weight excluding hydrogens is 417 g/mol. The molecule has 2 aromatic rings. The average molecular weight is 439 g/mol. The molecule has 160 valence electrons. The summed E-state index contributed by atoms with van der Waals surface area (Å²) in [4.78, 5) is 10.4. The first-order valence-electron chi connectivity index (χ1n) is 9.87. The first-order chi connectivity index (χ1) is 14.3. The quantitative estimate of drug-likeness (QED) is 0.453. The predicted molar refractivity (Wildman–Crippen MR) is 111 cm³/mol. The number of hydrogen-bond donors (Lipinski definition) is 3. The molecule has 0 atom stereocenters. The van der Waals surface area contributed by atoms with Crippen molar-refractivity contribution in [3.8, 4) is 0 Å². The van der Waals surface area contributed by atoms with Gasteiger partial charge in [-0.15, -0.1) is 0 Å². The minimum absolute atomic E-state index is 0.0303. The molecule has 1 aliphatic carbocycles. The van der Waals surface area contributed by atoms with Gasteiger partial charge in [0.25, 0.3) is 0 Å². The number of anilines is 3. The molecule has 6 nitrogen and oxygen atoms in total. The monoisotopic (exact) mass is 438 g/mol. The predicted octanol–water partition coefficient (Wildman–Crippen LogP) is 4.61. The van der Waals surface area contributed by atoms with E-state index in [0.29, 0.717) is 23.5 Å². The Morgan fingerprint density at radius 2 is 1.87 bits per heavy atom. The molecule has 0 unspecified atom stereocenters. The molecule has 0 radical (unpaired) electrons. The summed E-state index contributed by atoms with van der Waals surface area (Å²) in [5, 5.41) is 14.3. The van der Waals surface area contributed by atoms with Gasteiger partial charge in [-0.3, -0.25) is 0 Å². The number of nitrogens with zero attached hydrogens (tertiary/aromatic N) is 3. The van der Waals surface area contributed by atoms with Gasteiger partial charge in [0, 0.05) is 37.1 Å². The Morgan fingerprint density at radius 1 is 1.13 bits per heavy atom. The molecule has 0 spiro atoms. The molecule has 1 aromatic carbocycles. The molecule has 2 aliphatic rings. The van der Waals surface area contributed by atoms with E-state index in [4.69, 9.17) is 17.0 Å². The molecule has 1 saturated heterocycles. The first-order valence-corrected chi connectivity index (χ1v) is 10.2. The normalized spacial score (nSPS) is 17.8. The zero-order chi connectivity index (χ0) is 21.3. The zero-order valence-electron chi connectivity index (χ0n) is 16.1. The summed E-state index contributed by atoms with van der Waals surface area (Å²) in [7, 11) is 0. The lowest BCUT2D eigenvalue weighted by molar-refractivity contribution is -0.137. The van der Waals surface area contributed by atoms with Crippen molar-refractivity contribution in [2.45, 2.75) is 43.9 Å². The van der Waals surface area contributed by atoms with Crippen LogP contribution in [0.25, 0.3) is 0 Å². The summed E-state index contributed by atoms with van der Waals surface area (Å²) in [6.45, 7) is 1.46. The number of aromatic nitrogens is 2. The van der Waals surface area contributed by atoms with E-state index in [1.165, 1.54) is 37.8 Å². The van der Waals surface area contributed by atoms with Gasteiger partial charge in [-0.1, -0.05) is 18.9 Å². The third-order valence-corrected chi connectivity index (χ3v) is 5.67. The molecule has 1 saturated carbocycles. The van der Waals surface area contributed by atoms with Crippen LogP contribution in [0.4, 0.5) is 30.5 Å². The smallest absolute Gasteiger partial charge is 0.353 e. The van der Waals surface area contributed by atoms with Gasteiger partial charge in [-0.25, -0.2) is 0 Å². The van der Waals surface area contributed by atoms with Gasteiger partial charge in [0.1, 0.15) is 11.6 Å². The number of benzene rings is 1. The lowest BCUT2D eigenvalue weighted by atomic mass is 10.1. The summed E-state index contributed by atoms with van der Waals surface area (Å²) in [5.41, 5.74) is -0.179. The molecule has 2 heterocycles. The van der Waals surface area contributed by atoms with Crippen LogP contribution in [-0.2, 0) is 6.18 Å². The second-order valence-corrected chi connectivity index (χ2v) is 8.01. The van der Waals surface area contributed by atoms with Crippen molar-refractivity contribution in [2.24, 2.45) is 0 Å². The zero-order valence-corrected chi connectivity index (χ0v) is 16.9. The van der Waals surface area contributed by atoms with Crippen molar-refractivity contribution in [2.75, 3.05) is 23.3 Å². The molecule has 2 fully saturated rings. The van der Waals surface area contributed by atoms with Crippen molar-refractivity contribution < 1.29 is 13.2 Å². The molecule has 1 aliphatic heterocycles. The van der Waals surface area contributed by atoms with E-state index in [9.17, 15) is 13.2 Å². The number of nitrogens with one attached hydrogen (secondary N) is 3. The van der Waals surface area contributed by atoms with E-state index in [-0.39, 0.29) is 16.8 Å². The Morgan fingerprint density at radius 3 is 2.53 bits per heavy atom. The Balaban J connectivity index is 1.52. The maximum absolute atomic E-state index is 13.0. The van der Waals surface area contributed by atoms with Crippen LogP contribution in [0.1, 0.15) is 36.8 Å². The lowest BCUT2D eigenvalue weighted by Gasteiger charge is -2.42. The summed E-state index contributed by atoms with van der Waals surface area (Å²) < 4.78 is 39.0. The van der Waals surface area contributed by atoms with Gasteiger partial charge >= 0.3 is 6.18 Å². The summed E-state index contributed by atoms with van der Waals surface area (Å²) in [6, 6.07) is 5.72. The highest BCUT2D eigenvalue weighted by Gasteiger charge is 2.33. The third kappa shape index (κ3) is 4.52. The van der Waals surface area contributed by atoms with E-state index in [1.807, 2.05) is 4.90 Å². The fourth-order valence-corrected chi connectivity index (χ4v) is 4.16. The van der Waals surface area contributed by atoms with Crippen LogP contribution >= 0.6 is 11.6 Å². The Labute approximate surface area is 177 Å². The van der Waals surface area contributed by atoms with Gasteiger partial charge in [0.2, 0.25) is 5.28 Å². The SMILES string of the molecule is N=Cc1c(Nc2cccc(C(F)(F)F)c2)nc(Cl)nc1N1CC(NC2CCCC2)C1. The Hall–Kier alpha value is -2.39. The van der Waals surface area contributed by atoms with Crippen LogP contribution in [0.5, 0.6) is 0 Å². The maximum atomic E-state index is 13.0. The molecule has 30 heavy (non-hydrogen) atoms. The minimum Gasteiger partial charge on any atom is -0.353 e. The number of rotatable bonds is 6. The van der Waals surface area contributed by atoms with E-state index in [2.05, 4.69) is 20.6 Å². The first kappa shape index (κ1) is 20.9. The molecule has 0 amide bonds. The van der Waals surface area contributed by atoms with E-state index in [1.54, 1.807) is 0 Å². The Bertz CT molecular complexity index is 923. The average Bonchev–Trinajstić information content (AvgIpc) is 3.17. The molecule has 1 aromatic heterocycles. The van der Waals surface area contributed by atoms with Crippen LogP contribution in [0.2, 0.25) is 5.28 Å². The van der Waals surface area contributed by atoms with E-state index >= 15 is 0 Å². The second kappa shape index (κ2) is 8.39. The van der Waals surface area contributed by atoms with Crippen molar-refractivity contribution in [3.63, 3.8) is 0 Å². The number of halogens is 4. The largest absolute Gasteiger partial charge is 0.416 e. The molecule has 3 N–H and O–H groups in total. The molecular formula is C20H22ClF3N6. The maximum Gasteiger partial charge on any atom is 0.416 e. The van der Waals surface area contributed by atoms with Crippen molar-refractivity contribution >= 4 is 35.1 Å². The topological polar surface area (TPSA) is 76.9 Å². The van der Waals surface area contributed by atoms with E-state index in [0.717, 1.165) is 31.4 Å². The lowest BCUT2D eigenvalue weighted by Crippen LogP contribution is -2.60. The standard InChI is InChI=1S/C20H22ClF3N6/c21-19-28-17(27-14-7-3-4-12(8-14)20(22,23)24)16(9-25)18(29-19)30-10-15(11-30)26-13-5-1-2-6-13/h3-4,7-9,13,15,25-26H,1-2,5-6,10-11H2,(H,27,28,29). The summed E-state index contributed by atoms with van der Waals surface area (Å²) in [6.07, 6.45) is 1.57. The molecule has 4 rings (SSSR count). The van der Waals surface area contributed by atoms with Crippen LogP contribution in [0.3, 0.4) is 0 Å². The summed E-state index contributed by atoms with van der Waals surface area (Å²) in [5.74, 6) is 0.704. The minimum atomic E-state index is -4.45.